The Kier molecular flexibility index (Phi) is 5.28. The molecule has 1 aromatic rings. The van der Waals surface area contributed by atoms with Crippen LogP contribution >= 0.6 is 0 Å². The molecule has 1 saturated heterocycles. The molecular weight excluding hydrogens is 248 g/mol. The van der Waals surface area contributed by atoms with Crippen LogP contribution in [0.25, 0.3) is 0 Å². The third-order valence-corrected chi connectivity index (χ3v) is 3.62. The smallest absolute Gasteiger partial charge is 0.126 e. The topological polar surface area (TPSA) is 21.3 Å². The zero-order valence-corrected chi connectivity index (χ0v) is 11.3. The van der Waals surface area contributed by atoms with Crippen LogP contribution in [0, 0.1) is 17.6 Å². The molecule has 1 fully saturated rings. The Morgan fingerprint density at radius 2 is 2.21 bits per heavy atom. The van der Waals surface area contributed by atoms with Gasteiger partial charge in [0.1, 0.15) is 11.6 Å². The number of rotatable bonds is 5. The van der Waals surface area contributed by atoms with Gasteiger partial charge in [-0.3, -0.25) is 0 Å². The third-order valence-electron chi connectivity index (χ3n) is 3.62. The van der Waals surface area contributed by atoms with Crippen LogP contribution in [0.4, 0.5) is 8.78 Å². The van der Waals surface area contributed by atoms with Crippen molar-refractivity contribution in [2.24, 2.45) is 5.92 Å². The minimum atomic E-state index is -0.383. The molecule has 1 aromatic carbocycles. The fourth-order valence-electron chi connectivity index (χ4n) is 2.58. The Bertz CT molecular complexity index is 411. The number of ether oxygens (including phenoxy) is 1. The lowest BCUT2D eigenvalue weighted by atomic mass is 9.89. The summed E-state index contributed by atoms with van der Waals surface area (Å²) in [6.07, 6.45) is 2.52. The molecule has 1 aliphatic rings. The lowest BCUT2D eigenvalue weighted by Gasteiger charge is -2.32. The predicted octanol–water partition coefficient (Wildman–Crippen LogP) is 2.91. The standard InChI is InChI=1S/C15H21F2NO/c1-2-6-18-15-5-7-19-10-12(15)8-11-9-13(16)3-4-14(11)17/h3-4,9,12,15,18H,2,5-8,10H2,1H3. The van der Waals surface area contributed by atoms with Gasteiger partial charge in [-0.1, -0.05) is 6.92 Å². The van der Waals surface area contributed by atoms with Gasteiger partial charge in [0.15, 0.2) is 0 Å². The van der Waals surface area contributed by atoms with Gasteiger partial charge in [0.2, 0.25) is 0 Å². The fraction of sp³-hybridized carbons (Fsp3) is 0.600. The first-order valence-electron chi connectivity index (χ1n) is 6.95. The van der Waals surface area contributed by atoms with Crippen LogP contribution in [0.15, 0.2) is 18.2 Å². The Hall–Kier alpha value is -1.00. The van der Waals surface area contributed by atoms with Crippen LogP contribution in [-0.4, -0.2) is 25.8 Å². The van der Waals surface area contributed by atoms with E-state index in [4.69, 9.17) is 4.74 Å². The average Bonchev–Trinajstić information content (AvgIpc) is 2.42. The molecule has 0 aromatic heterocycles. The van der Waals surface area contributed by atoms with Gasteiger partial charge in [-0.05, 0) is 49.6 Å². The van der Waals surface area contributed by atoms with E-state index in [1.54, 1.807) is 0 Å². The van der Waals surface area contributed by atoms with E-state index in [9.17, 15) is 8.78 Å². The summed E-state index contributed by atoms with van der Waals surface area (Å²) < 4.78 is 32.3. The van der Waals surface area contributed by atoms with Gasteiger partial charge in [-0.15, -0.1) is 0 Å². The molecule has 2 nitrogen and oxygen atoms in total. The first kappa shape index (κ1) is 14.4. The molecule has 0 spiro atoms. The van der Waals surface area contributed by atoms with E-state index in [1.807, 2.05) is 0 Å². The molecule has 0 bridgehead atoms. The molecule has 0 aliphatic carbocycles. The molecule has 4 heteroatoms. The van der Waals surface area contributed by atoms with Crippen molar-refractivity contribution in [3.8, 4) is 0 Å². The zero-order valence-electron chi connectivity index (χ0n) is 11.3. The van der Waals surface area contributed by atoms with Gasteiger partial charge < -0.3 is 10.1 Å². The van der Waals surface area contributed by atoms with Gasteiger partial charge >= 0.3 is 0 Å². The monoisotopic (exact) mass is 269 g/mol. The van der Waals surface area contributed by atoms with Crippen molar-refractivity contribution >= 4 is 0 Å². The van der Waals surface area contributed by atoms with Gasteiger partial charge in [0.25, 0.3) is 0 Å². The highest BCUT2D eigenvalue weighted by Crippen LogP contribution is 2.22. The molecule has 0 radical (unpaired) electrons. The fourth-order valence-corrected chi connectivity index (χ4v) is 2.58. The van der Waals surface area contributed by atoms with Crippen molar-refractivity contribution in [1.82, 2.24) is 5.32 Å². The zero-order chi connectivity index (χ0) is 13.7. The van der Waals surface area contributed by atoms with E-state index >= 15 is 0 Å². The van der Waals surface area contributed by atoms with Gasteiger partial charge in [0.05, 0.1) is 6.61 Å². The van der Waals surface area contributed by atoms with Gasteiger partial charge in [-0.25, -0.2) is 8.78 Å². The molecule has 1 N–H and O–H groups in total. The first-order valence-corrected chi connectivity index (χ1v) is 6.95. The Morgan fingerprint density at radius 3 is 3.00 bits per heavy atom. The minimum absolute atomic E-state index is 0.205. The van der Waals surface area contributed by atoms with Crippen LogP contribution in [0.2, 0.25) is 0 Å². The Morgan fingerprint density at radius 1 is 1.37 bits per heavy atom. The molecule has 19 heavy (non-hydrogen) atoms. The number of hydrogen-bond donors (Lipinski definition) is 1. The molecule has 2 atom stereocenters. The second-order valence-corrected chi connectivity index (χ2v) is 5.12. The maximum absolute atomic E-state index is 13.7. The molecule has 1 heterocycles. The molecule has 2 unspecified atom stereocenters. The highest BCUT2D eigenvalue weighted by atomic mass is 19.1. The maximum Gasteiger partial charge on any atom is 0.126 e. The lowest BCUT2D eigenvalue weighted by Crippen LogP contribution is -2.44. The summed E-state index contributed by atoms with van der Waals surface area (Å²) >= 11 is 0. The largest absolute Gasteiger partial charge is 0.381 e. The number of nitrogens with one attached hydrogen (secondary N) is 1. The van der Waals surface area contributed by atoms with Gasteiger partial charge in [0, 0.05) is 18.6 Å². The SMILES string of the molecule is CCCNC1CCOCC1Cc1cc(F)ccc1F. The van der Waals surface area contributed by atoms with Crippen LogP contribution in [0.1, 0.15) is 25.3 Å². The molecular formula is C15H21F2NO. The quantitative estimate of drug-likeness (QED) is 0.887. The molecule has 1 aliphatic heterocycles. The van der Waals surface area contributed by atoms with E-state index in [1.165, 1.54) is 12.1 Å². The minimum Gasteiger partial charge on any atom is -0.381 e. The van der Waals surface area contributed by atoms with Crippen LogP contribution in [-0.2, 0) is 11.2 Å². The third kappa shape index (κ3) is 3.98. The number of benzene rings is 1. The Labute approximate surface area is 113 Å². The number of hydrogen-bond acceptors (Lipinski definition) is 2. The normalized spacial score (nSPS) is 23.5. The van der Waals surface area contributed by atoms with Crippen LogP contribution in [0.3, 0.4) is 0 Å². The Balaban J connectivity index is 2.04. The van der Waals surface area contributed by atoms with Gasteiger partial charge in [-0.2, -0.15) is 0 Å². The predicted molar refractivity (Wildman–Crippen MR) is 71.1 cm³/mol. The van der Waals surface area contributed by atoms with Crippen molar-refractivity contribution in [3.05, 3.63) is 35.4 Å². The summed E-state index contributed by atoms with van der Waals surface area (Å²) in [7, 11) is 0. The molecule has 106 valence electrons. The van der Waals surface area contributed by atoms with E-state index in [0.29, 0.717) is 24.6 Å². The molecule has 0 saturated carbocycles. The van der Waals surface area contributed by atoms with Crippen LogP contribution in [0.5, 0.6) is 0 Å². The average molecular weight is 269 g/mol. The second kappa shape index (κ2) is 6.96. The van der Waals surface area contributed by atoms with E-state index in [0.717, 1.165) is 32.1 Å². The van der Waals surface area contributed by atoms with E-state index in [-0.39, 0.29) is 17.6 Å². The second-order valence-electron chi connectivity index (χ2n) is 5.12. The molecule has 2 rings (SSSR count). The highest BCUT2D eigenvalue weighted by molar-refractivity contribution is 5.19. The maximum atomic E-state index is 13.7. The number of halogens is 2. The van der Waals surface area contributed by atoms with Crippen molar-refractivity contribution in [1.29, 1.82) is 0 Å². The molecule has 0 amide bonds. The van der Waals surface area contributed by atoms with Crippen molar-refractivity contribution in [3.63, 3.8) is 0 Å². The summed E-state index contributed by atoms with van der Waals surface area (Å²) in [6.45, 7) is 4.42. The van der Waals surface area contributed by atoms with Crippen molar-refractivity contribution in [2.45, 2.75) is 32.2 Å². The van der Waals surface area contributed by atoms with Crippen LogP contribution < -0.4 is 5.32 Å². The lowest BCUT2D eigenvalue weighted by molar-refractivity contribution is 0.0319. The summed E-state index contributed by atoms with van der Waals surface area (Å²) in [5.41, 5.74) is 0.443. The highest BCUT2D eigenvalue weighted by Gasteiger charge is 2.26. The summed E-state index contributed by atoms with van der Waals surface area (Å²) in [6, 6.07) is 3.98. The summed E-state index contributed by atoms with van der Waals surface area (Å²) in [4.78, 5) is 0. The first-order chi connectivity index (χ1) is 9.20. The summed E-state index contributed by atoms with van der Waals surface area (Å²) in [5, 5.41) is 3.48. The van der Waals surface area contributed by atoms with E-state index < -0.39 is 0 Å². The van der Waals surface area contributed by atoms with Crippen molar-refractivity contribution < 1.29 is 13.5 Å². The summed E-state index contributed by atoms with van der Waals surface area (Å²) in [5.74, 6) is -0.510. The van der Waals surface area contributed by atoms with E-state index in [2.05, 4.69) is 12.2 Å². The van der Waals surface area contributed by atoms with Crippen molar-refractivity contribution in [2.75, 3.05) is 19.8 Å².